The number of amides is 1. The summed E-state index contributed by atoms with van der Waals surface area (Å²) in [6, 6.07) is 20.2. The molecule has 2 aromatic carbocycles. The first-order valence-corrected chi connectivity index (χ1v) is 10.4. The number of hydrogen-bond acceptors (Lipinski definition) is 7. The lowest BCUT2D eigenvalue weighted by Gasteiger charge is -2.26. The Hall–Kier alpha value is -3.81. The molecule has 3 aromatic rings. The van der Waals surface area contributed by atoms with Crippen LogP contribution in [0.1, 0.15) is 24.0 Å². The normalized spacial score (nSPS) is 13.1. The van der Waals surface area contributed by atoms with Crippen LogP contribution in [0.3, 0.4) is 0 Å². The molecule has 1 aliphatic rings. The molecule has 0 spiro atoms. The number of anilines is 3. The highest BCUT2D eigenvalue weighted by molar-refractivity contribution is 5.76. The van der Waals surface area contributed by atoms with Crippen molar-refractivity contribution in [2.24, 2.45) is 0 Å². The van der Waals surface area contributed by atoms with Crippen molar-refractivity contribution in [1.29, 1.82) is 0 Å². The molecule has 4 rings (SSSR count). The van der Waals surface area contributed by atoms with Crippen LogP contribution in [0.25, 0.3) is 0 Å². The van der Waals surface area contributed by atoms with E-state index in [4.69, 9.17) is 10.6 Å². The van der Waals surface area contributed by atoms with Crippen LogP contribution in [-0.2, 0) is 17.9 Å². The van der Waals surface area contributed by atoms with Gasteiger partial charge in [-0.25, -0.2) is 14.8 Å². The fraction of sp³-hybridized carbons (Fsp3) is 0.261. The molecule has 1 aromatic heterocycles. The van der Waals surface area contributed by atoms with E-state index in [1.807, 2.05) is 36.4 Å². The molecule has 0 unspecified atom stereocenters. The number of carbonyl (C=O) groups is 1. The lowest BCUT2D eigenvalue weighted by atomic mass is 10.1. The van der Waals surface area contributed by atoms with E-state index in [0.29, 0.717) is 37.7 Å². The number of nitrogens with one attached hydrogen (secondary N) is 1. The van der Waals surface area contributed by atoms with E-state index >= 15 is 0 Å². The van der Waals surface area contributed by atoms with E-state index in [0.717, 1.165) is 24.0 Å². The van der Waals surface area contributed by atoms with Crippen molar-refractivity contribution < 1.29 is 9.63 Å². The van der Waals surface area contributed by atoms with Crippen LogP contribution in [0.15, 0.2) is 67.0 Å². The monoisotopic (exact) mass is 418 g/mol. The third kappa shape index (κ3) is 5.22. The van der Waals surface area contributed by atoms with Gasteiger partial charge >= 0.3 is 6.09 Å². The first kappa shape index (κ1) is 20.5. The molecule has 0 bridgehead atoms. The van der Waals surface area contributed by atoms with Crippen molar-refractivity contribution in [1.82, 2.24) is 14.9 Å². The van der Waals surface area contributed by atoms with Gasteiger partial charge in [-0.05, 0) is 24.0 Å². The Labute approximate surface area is 181 Å². The first-order valence-electron chi connectivity index (χ1n) is 10.4. The third-order valence-corrected chi connectivity index (χ3v) is 5.19. The number of carbonyl (C=O) groups excluding carboxylic acids is 1. The quantitative estimate of drug-likeness (QED) is 0.563. The van der Waals surface area contributed by atoms with Crippen LogP contribution in [0, 0.1) is 0 Å². The summed E-state index contributed by atoms with van der Waals surface area (Å²) in [5, 5.41) is 0. The second kappa shape index (κ2) is 9.80. The van der Waals surface area contributed by atoms with Gasteiger partial charge in [-0.3, -0.25) is 0 Å². The molecule has 8 heteroatoms. The molecular formula is C23H26N6O2. The maximum atomic E-state index is 12.2. The number of rotatable bonds is 7. The van der Waals surface area contributed by atoms with E-state index in [2.05, 4.69) is 44.6 Å². The van der Waals surface area contributed by atoms with E-state index in [1.54, 1.807) is 4.90 Å². The van der Waals surface area contributed by atoms with Crippen LogP contribution in [0.5, 0.6) is 0 Å². The molecule has 1 fully saturated rings. The summed E-state index contributed by atoms with van der Waals surface area (Å²) in [7, 11) is 0. The van der Waals surface area contributed by atoms with Crippen LogP contribution >= 0.6 is 0 Å². The predicted octanol–water partition coefficient (Wildman–Crippen LogP) is 3.82. The molecule has 2 heterocycles. The fourth-order valence-corrected chi connectivity index (χ4v) is 3.59. The second-order valence-corrected chi connectivity index (χ2v) is 7.45. The van der Waals surface area contributed by atoms with Crippen LogP contribution < -0.4 is 16.1 Å². The summed E-state index contributed by atoms with van der Waals surface area (Å²) in [6.45, 7) is 2.63. The molecule has 0 radical (unpaired) electrons. The molecule has 1 aliphatic heterocycles. The highest BCUT2D eigenvalue weighted by Crippen LogP contribution is 2.29. The summed E-state index contributed by atoms with van der Waals surface area (Å²) in [6.07, 6.45) is 2.97. The van der Waals surface area contributed by atoms with Gasteiger partial charge in [-0.1, -0.05) is 60.7 Å². The van der Waals surface area contributed by atoms with Crippen LogP contribution in [0.4, 0.5) is 22.1 Å². The fourth-order valence-electron chi connectivity index (χ4n) is 3.59. The van der Waals surface area contributed by atoms with E-state index in [9.17, 15) is 4.79 Å². The number of nitrogen functional groups attached to an aromatic ring is 1. The lowest BCUT2D eigenvalue weighted by molar-refractivity contribution is 0.131. The van der Waals surface area contributed by atoms with Gasteiger partial charge in [0.05, 0.1) is 0 Å². The van der Waals surface area contributed by atoms with Crippen LogP contribution in [0.2, 0.25) is 0 Å². The molecule has 1 amide bonds. The van der Waals surface area contributed by atoms with Crippen molar-refractivity contribution in [2.45, 2.75) is 25.9 Å². The maximum Gasteiger partial charge on any atom is 0.434 e. The van der Waals surface area contributed by atoms with Crippen molar-refractivity contribution in [3.8, 4) is 0 Å². The topological polar surface area (TPSA) is 96.6 Å². The largest absolute Gasteiger partial charge is 0.434 e. The van der Waals surface area contributed by atoms with E-state index in [-0.39, 0.29) is 5.82 Å². The Balaban J connectivity index is 1.55. The number of likely N-dealkylation sites (tertiary alicyclic amines) is 1. The maximum absolute atomic E-state index is 12.2. The molecule has 3 N–H and O–H groups in total. The van der Waals surface area contributed by atoms with Gasteiger partial charge in [-0.15, -0.1) is 0 Å². The second-order valence-electron chi connectivity index (χ2n) is 7.45. The van der Waals surface area contributed by atoms with E-state index < -0.39 is 6.09 Å². The Morgan fingerprint density at radius 2 is 1.55 bits per heavy atom. The molecule has 0 atom stereocenters. The van der Waals surface area contributed by atoms with Gasteiger partial charge in [0, 0.05) is 26.2 Å². The minimum Gasteiger partial charge on any atom is -0.393 e. The van der Waals surface area contributed by atoms with Crippen molar-refractivity contribution >= 4 is 23.4 Å². The summed E-state index contributed by atoms with van der Waals surface area (Å²) >= 11 is 0. The van der Waals surface area contributed by atoms with Gasteiger partial charge < -0.3 is 20.4 Å². The van der Waals surface area contributed by atoms with Crippen molar-refractivity contribution in [3.05, 3.63) is 78.1 Å². The highest BCUT2D eigenvalue weighted by Gasteiger charge is 2.21. The number of benzene rings is 2. The highest BCUT2D eigenvalue weighted by atomic mass is 16.7. The zero-order chi connectivity index (χ0) is 21.5. The Kier molecular flexibility index (Phi) is 6.47. The molecule has 1 saturated heterocycles. The SMILES string of the molecule is Nc1c(NOC(=O)N2CCCC2)ncnc1N(Cc1ccccc1)Cc1ccccc1. The Bertz CT molecular complexity index is 952. The Morgan fingerprint density at radius 1 is 0.968 bits per heavy atom. The minimum atomic E-state index is -0.428. The molecule has 8 nitrogen and oxygen atoms in total. The average Bonchev–Trinajstić information content (AvgIpc) is 3.34. The number of nitrogens with two attached hydrogens (primary N) is 1. The standard InChI is InChI=1S/C23H26N6O2/c24-20-21(27-31-23(30)28-13-7-8-14-28)25-17-26-22(20)29(15-18-9-3-1-4-10-18)16-19-11-5-2-6-12-19/h1-6,9-12,17H,7-8,13-16,24H2,(H,25,26,27). The molecule has 160 valence electrons. The van der Waals surface area contributed by atoms with Gasteiger partial charge in [0.1, 0.15) is 12.0 Å². The third-order valence-electron chi connectivity index (χ3n) is 5.19. The van der Waals surface area contributed by atoms with Crippen molar-refractivity contribution in [2.75, 3.05) is 29.2 Å². The summed E-state index contributed by atoms with van der Waals surface area (Å²) < 4.78 is 0. The number of aromatic nitrogens is 2. The van der Waals surface area contributed by atoms with Gasteiger partial charge in [0.2, 0.25) is 0 Å². The average molecular weight is 419 g/mol. The zero-order valence-electron chi connectivity index (χ0n) is 17.3. The van der Waals surface area contributed by atoms with Gasteiger partial charge in [0.25, 0.3) is 0 Å². The lowest BCUT2D eigenvalue weighted by Crippen LogP contribution is -2.30. The summed E-state index contributed by atoms with van der Waals surface area (Å²) in [5.74, 6) is 0.839. The van der Waals surface area contributed by atoms with Gasteiger partial charge in [-0.2, -0.15) is 5.48 Å². The predicted molar refractivity (Wildman–Crippen MR) is 120 cm³/mol. The van der Waals surface area contributed by atoms with E-state index in [1.165, 1.54) is 6.33 Å². The summed E-state index contributed by atoms with van der Waals surface area (Å²) in [4.78, 5) is 29.7. The first-order chi connectivity index (χ1) is 15.2. The van der Waals surface area contributed by atoms with Gasteiger partial charge in [0.15, 0.2) is 11.6 Å². The molecular weight excluding hydrogens is 392 g/mol. The Morgan fingerprint density at radius 3 is 2.13 bits per heavy atom. The minimum absolute atomic E-state index is 0.267. The number of nitrogens with zero attached hydrogens (tertiary/aromatic N) is 4. The zero-order valence-corrected chi connectivity index (χ0v) is 17.3. The molecule has 31 heavy (non-hydrogen) atoms. The smallest absolute Gasteiger partial charge is 0.393 e. The number of hydrogen-bond donors (Lipinski definition) is 2. The van der Waals surface area contributed by atoms with Crippen molar-refractivity contribution in [3.63, 3.8) is 0 Å². The summed E-state index contributed by atoms with van der Waals surface area (Å²) in [5.41, 5.74) is 11.6. The molecule has 0 saturated carbocycles. The van der Waals surface area contributed by atoms with Crippen LogP contribution in [-0.4, -0.2) is 34.1 Å². The molecule has 0 aliphatic carbocycles.